The van der Waals surface area contributed by atoms with Crippen molar-refractivity contribution in [2.45, 2.75) is 39.8 Å². The summed E-state index contributed by atoms with van der Waals surface area (Å²) in [5.41, 5.74) is 5.76. The first kappa shape index (κ1) is 18.9. The molecule has 4 heteroatoms. The lowest BCUT2D eigenvalue weighted by Gasteiger charge is -2.33. The molecule has 116 valence electrons. The third-order valence-electron chi connectivity index (χ3n) is 3.65. The van der Waals surface area contributed by atoms with Crippen LogP contribution in [0.4, 0.5) is 0 Å². The molecule has 0 spiro atoms. The molecule has 0 bridgehead atoms. The first-order valence-corrected chi connectivity index (χ1v) is 7.34. The van der Waals surface area contributed by atoms with Gasteiger partial charge in [0.15, 0.2) is 0 Å². The predicted molar refractivity (Wildman–Crippen MR) is 86.4 cm³/mol. The van der Waals surface area contributed by atoms with Gasteiger partial charge < -0.3 is 11.1 Å². The molecule has 1 amide bonds. The van der Waals surface area contributed by atoms with Crippen LogP contribution in [0.5, 0.6) is 0 Å². The van der Waals surface area contributed by atoms with Crippen LogP contribution in [0, 0.1) is 11.8 Å². The van der Waals surface area contributed by atoms with E-state index in [1.165, 1.54) is 0 Å². The summed E-state index contributed by atoms with van der Waals surface area (Å²) in [7, 11) is 0. The highest BCUT2D eigenvalue weighted by atomic mass is 16.1. The molecule has 0 aromatic carbocycles. The van der Waals surface area contributed by atoms with Crippen molar-refractivity contribution in [2.24, 2.45) is 17.6 Å². The topological polar surface area (TPSA) is 58.4 Å². The average Bonchev–Trinajstić information content (AvgIpc) is 2.37. The Labute approximate surface area is 124 Å². The van der Waals surface area contributed by atoms with Gasteiger partial charge in [0.1, 0.15) is 0 Å². The Hall–Kier alpha value is -1.13. The highest BCUT2D eigenvalue weighted by Gasteiger charge is 2.23. The minimum absolute atomic E-state index is 0.0165. The number of rotatable bonds is 10. The van der Waals surface area contributed by atoms with E-state index in [4.69, 9.17) is 5.73 Å². The molecular formula is C16H31N3O. The van der Waals surface area contributed by atoms with Gasteiger partial charge in [-0.25, -0.2) is 0 Å². The Morgan fingerprint density at radius 2 is 1.70 bits per heavy atom. The van der Waals surface area contributed by atoms with Crippen LogP contribution in [-0.4, -0.2) is 42.5 Å². The minimum atomic E-state index is -0.171. The van der Waals surface area contributed by atoms with Gasteiger partial charge in [0.2, 0.25) is 5.91 Å². The van der Waals surface area contributed by atoms with Gasteiger partial charge in [-0.15, -0.1) is 13.2 Å². The van der Waals surface area contributed by atoms with Gasteiger partial charge in [-0.3, -0.25) is 9.69 Å². The molecule has 0 aromatic rings. The molecule has 0 fully saturated rings. The Kier molecular flexibility index (Phi) is 9.17. The van der Waals surface area contributed by atoms with Crippen molar-refractivity contribution in [1.82, 2.24) is 10.2 Å². The van der Waals surface area contributed by atoms with Gasteiger partial charge in [0, 0.05) is 37.6 Å². The molecule has 0 heterocycles. The van der Waals surface area contributed by atoms with Crippen molar-refractivity contribution < 1.29 is 4.79 Å². The van der Waals surface area contributed by atoms with E-state index in [0.29, 0.717) is 12.5 Å². The fourth-order valence-electron chi connectivity index (χ4n) is 2.07. The highest BCUT2D eigenvalue weighted by Crippen LogP contribution is 2.11. The number of amides is 1. The maximum atomic E-state index is 12.0. The molecule has 0 aliphatic rings. The molecular weight excluding hydrogens is 250 g/mol. The van der Waals surface area contributed by atoms with Crippen molar-refractivity contribution in [3.05, 3.63) is 25.3 Å². The fraction of sp³-hybridized carbons (Fsp3) is 0.688. The van der Waals surface area contributed by atoms with E-state index in [1.54, 1.807) is 0 Å². The summed E-state index contributed by atoms with van der Waals surface area (Å²) in [4.78, 5) is 14.3. The third-order valence-corrected chi connectivity index (χ3v) is 3.65. The summed E-state index contributed by atoms with van der Waals surface area (Å²) in [5, 5.41) is 3.01. The van der Waals surface area contributed by atoms with Crippen LogP contribution in [-0.2, 0) is 4.79 Å². The van der Waals surface area contributed by atoms with Gasteiger partial charge in [-0.05, 0) is 12.8 Å². The Morgan fingerprint density at radius 1 is 1.20 bits per heavy atom. The lowest BCUT2D eigenvalue weighted by atomic mass is 10.0. The van der Waals surface area contributed by atoms with E-state index in [1.807, 2.05) is 26.0 Å². The maximum Gasteiger partial charge on any atom is 0.224 e. The number of carbonyl (C=O) groups is 1. The average molecular weight is 281 g/mol. The minimum Gasteiger partial charge on any atom is -0.354 e. The largest absolute Gasteiger partial charge is 0.354 e. The van der Waals surface area contributed by atoms with E-state index < -0.39 is 0 Å². The van der Waals surface area contributed by atoms with Crippen LogP contribution in [0.2, 0.25) is 0 Å². The zero-order chi connectivity index (χ0) is 15.7. The van der Waals surface area contributed by atoms with Crippen molar-refractivity contribution in [3.63, 3.8) is 0 Å². The summed E-state index contributed by atoms with van der Waals surface area (Å²) in [6.45, 7) is 17.8. The maximum absolute atomic E-state index is 12.0. The van der Waals surface area contributed by atoms with E-state index in [-0.39, 0.29) is 23.9 Å². The molecule has 0 rings (SSSR count). The summed E-state index contributed by atoms with van der Waals surface area (Å²) in [5.74, 6) is 0.277. The predicted octanol–water partition coefficient (Wildman–Crippen LogP) is 1.78. The number of hydrogen-bond donors (Lipinski definition) is 2. The number of nitrogens with zero attached hydrogens (tertiary/aromatic N) is 1. The molecule has 3 N–H and O–H groups in total. The summed E-state index contributed by atoms with van der Waals surface area (Å²) < 4.78 is 0. The number of nitrogens with one attached hydrogen (secondary N) is 1. The first-order chi connectivity index (χ1) is 9.34. The van der Waals surface area contributed by atoms with Crippen LogP contribution in [0.1, 0.15) is 27.7 Å². The van der Waals surface area contributed by atoms with Crippen LogP contribution in [0.3, 0.4) is 0 Å². The van der Waals surface area contributed by atoms with Crippen molar-refractivity contribution in [1.29, 1.82) is 0 Å². The first-order valence-electron chi connectivity index (χ1n) is 7.34. The van der Waals surface area contributed by atoms with Gasteiger partial charge in [-0.2, -0.15) is 0 Å². The molecule has 3 unspecified atom stereocenters. The number of nitrogens with two attached hydrogens (primary N) is 1. The quantitative estimate of drug-likeness (QED) is 0.600. The van der Waals surface area contributed by atoms with Crippen LogP contribution in [0.15, 0.2) is 25.3 Å². The monoisotopic (exact) mass is 281 g/mol. The second-order valence-electron chi connectivity index (χ2n) is 5.74. The SMILES string of the molecule is C=CCN(CC=C)C(CNC(=O)C(C)C(C)N)C(C)C. The van der Waals surface area contributed by atoms with Crippen molar-refractivity contribution >= 4 is 5.91 Å². The fourth-order valence-corrected chi connectivity index (χ4v) is 2.07. The van der Waals surface area contributed by atoms with E-state index >= 15 is 0 Å². The molecule has 0 aliphatic carbocycles. The standard InChI is InChI=1S/C16H31N3O/c1-7-9-19(10-8-2)15(12(3)4)11-18-16(20)13(5)14(6)17/h7-8,12-15H,1-2,9-11,17H2,3-6H3,(H,18,20). The van der Waals surface area contributed by atoms with Gasteiger partial charge >= 0.3 is 0 Å². The molecule has 4 nitrogen and oxygen atoms in total. The normalized spacial score (nSPS) is 15.8. The van der Waals surface area contributed by atoms with E-state index in [2.05, 4.69) is 37.2 Å². The summed E-state index contributed by atoms with van der Waals surface area (Å²) >= 11 is 0. The molecule has 0 aromatic heterocycles. The zero-order valence-electron chi connectivity index (χ0n) is 13.4. The van der Waals surface area contributed by atoms with Gasteiger partial charge in [0.25, 0.3) is 0 Å². The molecule has 3 atom stereocenters. The van der Waals surface area contributed by atoms with Crippen molar-refractivity contribution in [3.8, 4) is 0 Å². The van der Waals surface area contributed by atoms with Gasteiger partial charge in [0.05, 0.1) is 0 Å². The molecule has 0 aliphatic heterocycles. The smallest absolute Gasteiger partial charge is 0.224 e. The number of hydrogen-bond acceptors (Lipinski definition) is 3. The summed E-state index contributed by atoms with van der Waals surface area (Å²) in [6, 6.07) is 0.125. The molecule has 0 saturated heterocycles. The third kappa shape index (κ3) is 6.35. The van der Waals surface area contributed by atoms with Crippen LogP contribution in [0.25, 0.3) is 0 Å². The zero-order valence-corrected chi connectivity index (χ0v) is 13.4. The molecule has 0 saturated carbocycles. The molecule has 20 heavy (non-hydrogen) atoms. The van der Waals surface area contributed by atoms with Gasteiger partial charge in [-0.1, -0.05) is 32.9 Å². The van der Waals surface area contributed by atoms with Crippen LogP contribution >= 0.6 is 0 Å². The van der Waals surface area contributed by atoms with E-state index in [9.17, 15) is 4.79 Å². The van der Waals surface area contributed by atoms with Crippen LogP contribution < -0.4 is 11.1 Å². The second-order valence-corrected chi connectivity index (χ2v) is 5.74. The number of carbonyl (C=O) groups excluding carboxylic acids is 1. The van der Waals surface area contributed by atoms with E-state index in [0.717, 1.165) is 13.1 Å². The molecule has 0 radical (unpaired) electrons. The lowest BCUT2D eigenvalue weighted by molar-refractivity contribution is -0.125. The Balaban J connectivity index is 4.64. The Morgan fingerprint density at radius 3 is 2.05 bits per heavy atom. The van der Waals surface area contributed by atoms with Crippen molar-refractivity contribution in [2.75, 3.05) is 19.6 Å². The summed E-state index contributed by atoms with van der Waals surface area (Å²) in [6.07, 6.45) is 3.76. The lowest BCUT2D eigenvalue weighted by Crippen LogP contribution is -2.49. The second kappa shape index (κ2) is 9.72. The Bertz CT molecular complexity index is 303. The highest BCUT2D eigenvalue weighted by molar-refractivity contribution is 5.78.